The fourth-order valence-electron chi connectivity index (χ4n) is 2.51. The Bertz CT molecular complexity index is 852. The zero-order valence-corrected chi connectivity index (χ0v) is 13.4. The molecule has 1 saturated carbocycles. The third kappa shape index (κ3) is 3.77. The zero-order valence-electron chi connectivity index (χ0n) is 13.4. The zero-order chi connectivity index (χ0) is 18.7. The van der Waals surface area contributed by atoms with Crippen LogP contribution < -0.4 is 10.2 Å². The fourth-order valence-corrected chi connectivity index (χ4v) is 2.51. The first kappa shape index (κ1) is 18.8. The number of benzene rings is 1. The highest BCUT2D eigenvalue weighted by Crippen LogP contribution is 2.39. The molecule has 1 aromatic carbocycles. The fraction of sp³-hybridized carbons (Fsp3) is 0.333. The molecule has 0 unspecified atom stereocenters. The van der Waals surface area contributed by atoms with E-state index in [1.54, 1.807) is 4.57 Å². The molecule has 0 saturated heterocycles. The van der Waals surface area contributed by atoms with Crippen molar-refractivity contribution in [2.45, 2.75) is 18.9 Å². The first-order valence-corrected chi connectivity index (χ1v) is 7.21. The Morgan fingerprint density at radius 2 is 1.92 bits per heavy atom. The van der Waals surface area contributed by atoms with Gasteiger partial charge in [-0.3, -0.25) is 9.18 Å². The standard InChI is InChI=1S/C14H11BF3NO4.CH3F/c1-22-11-5-7(16)4-9-12(11)19(8-2-3-8)6-10(13(9)20)14(21)23-15(17)18;1-2/h4-6,8H,2-3H2,1H3;1H3. The molecule has 0 spiro atoms. The van der Waals surface area contributed by atoms with Crippen molar-refractivity contribution >= 4 is 24.3 Å². The summed E-state index contributed by atoms with van der Waals surface area (Å²) < 4.78 is 58.2. The van der Waals surface area contributed by atoms with E-state index in [0.717, 1.165) is 25.0 Å². The van der Waals surface area contributed by atoms with Crippen LogP contribution in [0.4, 0.5) is 17.4 Å². The number of alkyl halides is 1. The van der Waals surface area contributed by atoms with Gasteiger partial charge in [0.05, 0.1) is 25.2 Å². The average Bonchev–Trinajstić information content (AvgIpc) is 3.41. The largest absolute Gasteiger partial charge is 0.798 e. The summed E-state index contributed by atoms with van der Waals surface area (Å²) in [7, 11) is -1.51. The van der Waals surface area contributed by atoms with Crippen molar-refractivity contribution < 1.29 is 31.6 Å². The highest BCUT2D eigenvalue weighted by atomic mass is 19.2. The van der Waals surface area contributed by atoms with Gasteiger partial charge in [0.15, 0.2) is 0 Å². The van der Waals surface area contributed by atoms with Crippen molar-refractivity contribution in [3.05, 3.63) is 39.9 Å². The van der Waals surface area contributed by atoms with E-state index in [1.807, 2.05) is 0 Å². The van der Waals surface area contributed by atoms with Gasteiger partial charge in [-0.15, -0.1) is 0 Å². The summed E-state index contributed by atoms with van der Waals surface area (Å²) in [5.74, 6) is -2.03. The van der Waals surface area contributed by atoms with E-state index in [2.05, 4.69) is 4.65 Å². The molecule has 0 bridgehead atoms. The SMILES string of the molecule is CF.COc1cc(F)cc2c(=O)c(C(=O)OB(F)F)cn(C3CC3)c12. The lowest BCUT2D eigenvalue weighted by Gasteiger charge is -2.15. The third-order valence-electron chi connectivity index (χ3n) is 3.63. The van der Waals surface area contributed by atoms with E-state index in [1.165, 1.54) is 13.3 Å². The van der Waals surface area contributed by atoms with Gasteiger partial charge in [-0.05, 0) is 18.9 Å². The highest BCUT2D eigenvalue weighted by molar-refractivity contribution is 6.38. The van der Waals surface area contributed by atoms with E-state index in [-0.39, 0.29) is 17.2 Å². The molecule has 0 radical (unpaired) electrons. The number of hydrogen-bond acceptors (Lipinski definition) is 4. The molecule has 1 aromatic heterocycles. The molecule has 0 N–H and O–H groups in total. The summed E-state index contributed by atoms with van der Waals surface area (Å²) in [6.45, 7) is 0. The van der Waals surface area contributed by atoms with Gasteiger partial charge in [0, 0.05) is 18.3 Å². The van der Waals surface area contributed by atoms with Crippen LogP contribution in [0.2, 0.25) is 0 Å². The molecule has 25 heavy (non-hydrogen) atoms. The molecular formula is C15H14BF4NO4. The minimum Gasteiger partial charge on any atom is -0.494 e. The van der Waals surface area contributed by atoms with Gasteiger partial charge in [-0.2, -0.15) is 0 Å². The van der Waals surface area contributed by atoms with E-state index >= 15 is 0 Å². The maximum Gasteiger partial charge on any atom is 0.798 e. The van der Waals surface area contributed by atoms with Crippen LogP contribution in [0.1, 0.15) is 29.2 Å². The number of aromatic nitrogens is 1. The second kappa shape index (κ2) is 7.58. The number of carbonyl (C=O) groups excluding carboxylic acids is 1. The van der Waals surface area contributed by atoms with Gasteiger partial charge in [0.1, 0.15) is 17.1 Å². The summed E-state index contributed by atoms with van der Waals surface area (Å²) in [6.07, 6.45) is 2.76. The van der Waals surface area contributed by atoms with E-state index < -0.39 is 30.2 Å². The first-order valence-electron chi connectivity index (χ1n) is 7.21. The molecule has 5 nitrogen and oxygen atoms in total. The van der Waals surface area contributed by atoms with Crippen LogP contribution in [0.25, 0.3) is 10.9 Å². The smallest absolute Gasteiger partial charge is 0.494 e. The van der Waals surface area contributed by atoms with E-state index in [4.69, 9.17) is 4.74 Å². The normalized spacial score (nSPS) is 13.0. The van der Waals surface area contributed by atoms with Gasteiger partial charge in [0.2, 0.25) is 5.43 Å². The Hall–Kier alpha value is -2.52. The van der Waals surface area contributed by atoms with Crippen LogP contribution in [0.5, 0.6) is 5.75 Å². The van der Waals surface area contributed by atoms with Crippen LogP contribution >= 0.6 is 0 Å². The Kier molecular flexibility index (Phi) is 5.71. The van der Waals surface area contributed by atoms with Crippen LogP contribution in [0, 0.1) is 5.82 Å². The lowest BCUT2D eigenvalue weighted by molar-refractivity contribution is 0.0693. The Morgan fingerprint density at radius 3 is 2.44 bits per heavy atom. The number of nitrogens with zero attached hydrogens (tertiary/aromatic N) is 1. The Morgan fingerprint density at radius 1 is 1.28 bits per heavy atom. The summed E-state index contributed by atoms with van der Waals surface area (Å²) in [6, 6.07) is 2.08. The molecule has 2 aromatic rings. The summed E-state index contributed by atoms with van der Waals surface area (Å²) in [5, 5.41) is -0.113. The van der Waals surface area contributed by atoms with Crippen LogP contribution in [0.3, 0.4) is 0 Å². The van der Waals surface area contributed by atoms with Crippen molar-refractivity contribution in [3.63, 3.8) is 0 Å². The van der Waals surface area contributed by atoms with Gasteiger partial charge < -0.3 is 14.0 Å². The number of carbonyl (C=O) groups is 1. The maximum atomic E-state index is 13.7. The first-order chi connectivity index (χ1) is 11.9. The average molecular weight is 359 g/mol. The molecule has 134 valence electrons. The molecule has 1 aliphatic carbocycles. The summed E-state index contributed by atoms with van der Waals surface area (Å²) >= 11 is 0. The number of fused-ring (bicyclic) bond motifs is 1. The Balaban J connectivity index is 0.00000109. The number of hydrogen-bond donors (Lipinski definition) is 0. The van der Waals surface area contributed by atoms with Crippen molar-refractivity contribution in [1.82, 2.24) is 4.57 Å². The predicted molar refractivity (Wildman–Crippen MR) is 83.4 cm³/mol. The van der Waals surface area contributed by atoms with Crippen LogP contribution in [-0.2, 0) is 4.65 Å². The molecule has 0 amide bonds. The van der Waals surface area contributed by atoms with Gasteiger partial charge >= 0.3 is 13.4 Å². The number of pyridine rings is 1. The quantitative estimate of drug-likeness (QED) is 0.622. The van der Waals surface area contributed by atoms with Gasteiger partial charge in [-0.1, -0.05) is 0 Å². The van der Waals surface area contributed by atoms with Crippen molar-refractivity contribution in [2.75, 3.05) is 14.3 Å². The third-order valence-corrected chi connectivity index (χ3v) is 3.63. The van der Waals surface area contributed by atoms with Gasteiger partial charge in [-0.25, -0.2) is 17.8 Å². The number of rotatable bonds is 4. The minimum atomic E-state index is -3.34. The van der Waals surface area contributed by atoms with E-state index in [0.29, 0.717) is 12.7 Å². The molecule has 0 atom stereocenters. The van der Waals surface area contributed by atoms with E-state index in [9.17, 15) is 27.0 Å². The summed E-state index contributed by atoms with van der Waals surface area (Å²) in [5.41, 5.74) is -1.10. The predicted octanol–water partition coefficient (Wildman–Crippen LogP) is 3.15. The topological polar surface area (TPSA) is 57.5 Å². The molecule has 1 fully saturated rings. The summed E-state index contributed by atoms with van der Waals surface area (Å²) in [4.78, 5) is 24.1. The molecule has 1 aliphatic rings. The number of ether oxygens (including phenoxy) is 1. The van der Waals surface area contributed by atoms with Crippen LogP contribution in [-0.4, -0.2) is 32.3 Å². The lowest BCUT2D eigenvalue weighted by Crippen LogP contribution is -2.23. The van der Waals surface area contributed by atoms with Crippen molar-refractivity contribution in [1.29, 1.82) is 0 Å². The van der Waals surface area contributed by atoms with Crippen molar-refractivity contribution in [3.8, 4) is 5.75 Å². The maximum absolute atomic E-state index is 13.7. The monoisotopic (exact) mass is 359 g/mol. The minimum absolute atomic E-state index is 0.00411. The lowest BCUT2D eigenvalue weighted by atomic mass is 10.1. The second-order valence-corrected chi connectivity index (χ2v) is 5.18. The highest BCUT2D eigenvalue weighted by Gasteiger charge is 2.30. The number of methoxy groups -OCH3 is 1. The second-order valence-electron chi connectivity index (χ2n) is 5.18. The molecular weight excluding hydrogens is 345 g/mol. The Labute approximate surface area is 140 Å². The molecule has 10 heteroatoms. The number of halogens is 4. The van der Waals surface area contributed by atoms with Crippen molar-refractivity contribution in [2.24, 2.45) is 0 Å². The van der Waals surface area contributed by atoms with Gasteiger partial charge in [0.25, 0.3) is 0 Å². The molecule has 1 heterocycles. The molecule has 0 aliphatic heterocycles. The van der Waals surface area contributed by atoms with Crippen LogP contribution in [0.15, 0.2) is 23.1 Å². The molecule has 3 rings (SSSR count).